The van der Waals surface area contributed by atoms with Gasteiger partial charge in [0, 0.05) is 12.5 Å². The minimum Gasteiger partial charge on any atom is -0.493 e. The Hall–Kier alpha value is -2.04. The molecule has 0 aromatic heterocycles. The van der Waals surface area contributed by atoms with Crippen molar-refractivity contribution >= 4 is 11.9 Å². The number of amides is 1. The molecule has 1 amide bonds. The largest absolute Gasteiger partial charge is 0.493 e. The van der Waals surface area contributed by atoms with Crippen LogP contribution in [0.25, 0.3) is 0 Å². The second-order valence-electron chi connectivity index (χ2n) is 4.59. The fraction of sp³-hybridized carbons (Fsp3) is 0.467. The average molecular weight is 279 g/mol. The summed E-state index contributed by atoms with van der Waals surface area (Å²) in [5, 5.41) is 11.4. The number of nitrogens with one attached hydrogen (secondary N) is 1. The summed E-state index contributed by atoms with van der Waals surface area (Å²) in [5.41, 5.74) is 0.499. The zero-order valence-electron chi connectivity index (χ0n) is 11.9. The molecule has 1 aromatic carbocycles. The quantitative estimate of drug-likeness (QED) is 0.766. The van der Waals surface area contributed by atoms with Gasteiger partial charge in [-0.15, -0.1) is 0 Å². The van der Waals surface area contributed by atoms with E-state index in [9.17, 15) is 9.59 Å². The lowest BCUT2D eigenvalue weighted by Crippen LogP contribution is -2.32. The third-order valence-corrected chi connectivity index (χ3v) is 2.84. The maximum Gasteiger partial charge on any atom is 0.303 e. The van der Waals surface area contributed by atoms with E-state index < -0.39 is 5.97 Å². The highest BCUT2D eigenvalue weighted by molar-refractivity contribution is 5.97. The van der Waals surface area contributed by atoms with Gasteiger partial charge < -0.3 is 15.2 Å². The number of aliphatic carboxylic acids is 1. The molecule has 110 valence electrons. The van der Waals surface area contributed by atoms with Gasteiger partial charge in [0.2, 0.25) is 0 Å². The Morgan fingerprint density at radius 1 is 1.35 bits per heavy atom. The second-order valence-corrected chi connectivity index (χ2v) is 4.59. The van der Waals surface area contributed by atoms with E-state index in [4.69, 9.17) is 9.84 Å². The van der Waals surface area contributed by atoms with Crippen molar-refractivity contribution in [2.75, 3.05) is 6.61 Å². The third-order valence-electron chi connectivity index (χ3n) is 2.84. The molecule has 5 nitrogen and oxygen atoms in total. The smallest absolute Gasteiger partial charge is 0.303 e. The molecule has 1 atom stereocenters. The summed E-state index contributed by atoms with van der Waals surface area (Å²) < 4.78 is 5.41. The minimum atomic E-state index is -0.815. The molecule has 1 aromatic rings. The molecule has 0 saturated carbocycles. The van der Waals surface area contributed by atoms with Gasteiger partial charge in [-0.3, -0.25) is 9.59 Å². The van der Waals surface area contributed by atoms with Gasteiger partial charge in [-0.05, 0) is 38.8 Å². The van der Waals surface area contributed by atoms with Crippen LogP contribution in [0, 0.1) is 0 Å². The van der Waals surface area contributed by atoms with Gasteiger partial charge in [0.25, 0.3) is 5.91 Å². The van der Waals surface area contributed by atoms with Gasteiger partial charge in [-0.1, -0.05) is 12.1 Å². The Morgan fingerprint density at radius 2 is 2.05 bits per heavy atom. The molecule has 0 radical (unpaired) electrons. The summed E-state index contributed by atoms with van der Waals surface area (Å²) in [4.78, 5) is 22.6. The molecule has 1 unspecified atom stereocenters. The van der Waals surface area contributed by atoms with E-state index in [2.05, 4.69) is 5.32 Å². The maximum atomic E-state index is 12.1. The van der Waals surface area contributed by atoms with E-state index in [1.165, 1.54) is 0 Å². The molecule has 2 N–H and O–H groups in total. The Bertz CT molecular complexity index is 459. The van der Waals surface area contributed by atoms with Crippen LogP contribution in [-0.2, 0) is 4.79 Å². The molecular formula is C15H21NO4. The highest BCUT2D eigenvalue weighted by atomic mass is 16.5. The van der Waals surface area contributed by atoms with Crippen LogP contribution in [-0.4, -0.2) is 29.6 Å². The number of carbonyl (C=O) groups is 2. The first kappa shape index (κ1) is 16.0. The van der Waals surface area contributed by atoms with Gasteiger partial charge in [-0.2, -0.15) is 0 Å². The van der Waals surface area contributed by atoms with Crippen LogP contribution in [0.5, 0.6) is 5.75 Å². The zero-order chi connectivity index (χ0) is 15.0. The van der Waals surface area contributed by atoms with E-state index in [0.29, 0.717) is 30.8 Å². The summed E-state index contributed by atoms with van der Waals surface area (Å²) in [6.07, 6.45) is 1.30. The number of ether oxygens (including phenoxy) is 1. The highest BCUT2D eigenvalue weighted by Crippen LogP contribution is 2.18. The molecule has 0 aliphatic carbocycles. The van der Waals surface area contributed by atoms with Crippen molar-refractivity contribution in [3.8, 4) is 5.75 Å². The molecule has 0 heterocycles. The normalized spacial score (nSPS) is 11.7. The molecule has 5 heteroatoms. The predicted octanol–water partition coefficient (Wildman–Crippen LogP) is 2.46. The van der Waals surface area contributed by atoms with Crippen LogP contribution in [0.15, 0.2) is 24.3 Å². The summed E-state index contributed by atoms with van der Waals surface area (Å²) in [7, 11) is 0. The van der Waals surface area contributed by atoms with E-state index in [-0.39, 0.29) is 18.4 Å². The van der Waals surface area contributed by atoms with E-state index in [1.54, 1.807) is 18.2 Å². The molecule has 20 heavy (non-hydrogen) atoms. The van der Waals surface area contributed by atoms with Crippen molar-refractivity contribution < 1.29 is 19.4 Å². The first-order valence-corrected chi connectivity index (χ1v) is 6.79. The van der Waals surface area contributed by atoms with Crippen LogP contribution < -0.4 is 10.1 Å². The predicted molar refractivity (Wildman–Crippen MR) is 76.0 cm³/mol. The summed E-state index contributed by atoms with van der Waals surface area (Å²) >= 11 is 0. The lowest BCUT2D eigenvalue weighted by molar-refractivity contribution is -0.137. The number of rotatable bonds is 8. The lowest BCUT2D eigenvalue weighted by atomic mass is 10.1. The SMILES string of the molecule is CCOc1ccccc1C(=O)NC(C)CCCC(=O)O. The first-order chi connectivity index (χ1) is 9.54. The summed E-state index contributed by atoms with van der Waals surface area (Å²) in [5.74, 6) is -0.452. The monoisotopic (exact) mass is 279 g/mol. The van der Waals surface area contributed by atoms with Gasteiger partial charge in [0.1, 0.15) is 5.75 Å². The van der Waals surface area contributed by atoms with Crippen LogP contribution in [0.4, 0.5) is 0 Å². The third kappa shape index (κ3) is 5.30. The van der Waals surface area contributed by atoms with E-state index in [0.717, 1.165) is 0 Å². The number of hydrogen-bond donors (Lipinski definition) is 2. The molecule has 0 fully saturated rings. The molecule has 0 aliphatic rings. The zero-order valence-corrected chi connectivity index (χ0v) is 11.9. The van der Waals surface area contributed by atoms with E-state index in [1.807, 2.05) is 19.9 Å². The van der Waals surface area contributed by atoms with Gasteiger partial charge in [0.15, 0.2) is 0 Å². The van der Waals surface area contributed by atoms with Crippen molar-refractivity contribution in [3.63, 3.8) is 0 Å². The van der Waals surface area contributed by atoms with Crippen LogP contribution in [0.3, 0.4) is 0 Å². The number of carboxylic acids is 1. The van der Waals surface area contributed by atoms with Crippen molar-refractivity contribution in [1.29, 1.82) is 0 Å². The topological polar surface area (TPSA) is 75.6 Å². The summed E-state index contributed by atoms with van der Waals surface area (Å²) in [6, 6.07) is 7.00. The van der Waals surface area contributed by atoms with Crippen molar-refractivity contribution in [2.45, 2.75) is 39.2 Å². The Labute approximate surface area is 118 Å². The van der Waals surface area contributed by atoms with Crippen LogP contribution in [0.2, 0.25) is 0 Å². The lowest BCUT2D eigenvalue weighted by Gasteiger charge is -2.15. The summed E-state index contributed by atoms with van der Waals surface area (Å²) in [6.45, 7) is 4.23. The number of hydrogen-bond acceptors (Lipinski definition) is 3. The molecule has 0 bridgehead atoms. The fourth-order valence-electron chi connectivity index (χ4n) is 1.87. The van der Waals surface area contributed by atoms with Crippen molar-refractivity contribution in [2.24, 2.45) is 0 Å². The number of carbonyl (C=O) groups excluding carboxylic acids is 1. The first-order valence-electron chi connectivity index (χ1n) is 6.79. The number of carboxylic acid groups (broad SMARTS) is 1. The van der Waals surface area contributed by atoms with Gasteiger partial charge >= 0.3 is 5.97 Å². The van der Waals surface area contributed by atoms with Crippen LogP contribution in [0.1, 0.15) is 43.5 Å². The van der Waals surface area contributed by atoms with Gasteiger partial charge in [-0.25, -0.2) is 0 Å². The number of para-hydroxylation sites is 1. The molecular weight excluding hydrogens is 258 g/mol. The Balaban J connectivity index is 2.55. The molecule has 0 spiro atoms. The molecule has 0 saturated heterocycles. The number of benzene rings is 1. The van der Waals surface area contributed by atoms with Gasteiger partial charge in [0.05, 0.1) is 12.2 Å². The Morgan fingerprint density at radius 3 is 2.70 bits per heavy atom. The highest BCUT2D eigenvalue weighted by Gasteiger charge is 2.14. The molecule has 1 rings (SSSR count). The Kier molecular flexibility index (Phi) is 6.56. The minimum absolute atomic E-state index is 0.0727. The standard InChI is InChI=1S/C15H21NO4/c1-3-20-13-9-5-4-8-12(13)15(19)16-11(2)7-6-10-14(17)18/h4-5,8-9,11H,3,6-7,10H2,1-2H3,(H,16,19)(H,17,18). The fourth-order valence-corrected chi connectivity index (χ4v) is 1.87. The second kappa shape index (κ2) is 8.19. The maximum absolute atomic E-state index is 12.1. The average Bonchev–Trinajstić information content (AvgIpc) is 2.39. The van der Waals surface area contributed by atoms with E-state index >= 15 is 0 Å². The van der Waals surface area contributed by atoms with Crippen LogP contribution >= 0.6 is 0 Å². The molecule has 0 aliphatic heterocycles. The van der Waals surface area contributed by atoms with Crippen molar-refractivity contribution in [3.05, 3.63) is 29.8 Å². The van der Waals surface area contributed by atoms with Crippen molar-refractivity contribution in [1.82, 2.24) is 5.32 Å².